The highest BCUT2D eigenvalue weighted by atomic mass is 79.9. The van der Waals surface area contributed by atoms with Gasteiger partial charge in [-0.3, -0.25) is 0 Å². The zero-order chi connectivity index (χ0) is 14.8. The van der Waals surface area contributed by atoms with Gasteiger partial charge in [-0.05, 0) is 45.5 Å². The van der Waals surface area contributed by atoms with Gasteiger partial charge in [-0.2, -0.15) is 0 Å². The Morgan fingerprint density at radius 1 is 1.37 bits per heavy atom. The lowest BCUT2D eigenvalue weighted by Crippen LogP contribution is -2.36. The van der Waals surface area contributed by atoms with Crippen LogP contribution in [0.2, 0.25) is 0 Å². The van der Waals surface area contributed by atoms with Gasteiger partial charge in [0, 0.05) is 6.54 Å². The Kier molecular flexibility index (Phi) is 5.15. The van der Waals surface area contributed by atoms with Gasteiger partial charge in [-0.25, -0.2) is 17.5 Å². The van der Waals surface area contributed by atoms with Crippen molar-refractivity contribution in [3.63, 3.8) is 0 Å². The Labute approximate surface area is 122 Å². The van der Waals surface area contributed by atoms with E-state index in [1.165, 1.54) is 12.1 Å². The Bertz CT molecular complexity index is 556. The van der Waals surface area contributed by atoms with Crippen molar-refractivity contribution < 1.29 is 12.8 Å². The molecule has 1 N–H and O–H groups in total. The Hall–Kier alpha value is -0.460. The number of nitrogens with one attached hydrogen (secondary N) is 1. The molecule has 1 aromatic rings. The molecule has 0 aliphatic carbocycles. The highest BCUT2D eigenvalue weighted by molar-refractivity contribution is 9.10. The van der Waals surface area contributed by atoms with Gasteiger partial charge >= 0.3 is 0 Å². The summed E-state index contributed by atoms with van der Waals surface area (Å²) in [5.41, 5.74) is -0.166. The van der Waals surface area contributed by atoms with E-state index in [2.05, 4.69) is 20.7 Å². The molecule has 0 atom stereocenters. The summed E-state index contributed by atoms with van der Waals surface area (Å²) in [5, 5.41) is 0. The van der Waals surface area contributed by atoms with Crippen molar-refractivity contribution in [3.8, 4) is 0 Å². The molecule has 0 amide bonds. The van der Waals surface area contributed by atoms with Crippen LogP contribution in [0.5, 0.6) is 0 Å². The molecule has 1 rings (SSSR count). The lowest BCUT2D eigenvalue weighted by molar-refractivity contribution is 0.252. The summed E-state index contributed by atoms with van der Waals surface area (Å²) in [7, 11) is -3.68. The molecule has 0 spiro atoms. The molecule has 0 unspecified atom stereocenters. The largest absolute Gasteiger partial charge is 0.240 e. The zero-order valence-corrected chi connectivity index (χ0v) is 13.9. The van der Waals surface area contributed by atoms with Crippen LogP contribution in [0, 0.1) is 17.2 Å². The molecule has 0 bridgehead atoms. The first-order valence-electron chi connectivity index (χ1n) is 6.01. The zero-order valence-electron chi connectivity index (χ0n) is 11.5. The highest BCUT2D eigenvalue weighted by Gasteiger charge is 2.25. The third kappa shape index (κ3) is 4.26. The number of benzene rings is 1. The fraction of sp³-hybridized carbons (Fsp3) is 0.538. The number of hydrogen-bond donors (Lipinski definition) is 1. The molecule has 1 aromatic carbocycles. The lowest BCUT2D eigenvalue weighted by Gasteiger charge is -2.29. The first-order valence-corrected chi connectivity index (χ1v) is 8.28. The van der Waals surface area contributed by atoms with Gasteiger partial charge in [-0.15, -0.1) is 0 Å². The minimum atomic E-state index is -3.68. The van der Waals surface area contributed by atoms with Crippen molar-refractivity contribution in [2.45, 2.75) is 32.6 Å². The van der Waals surface area contributed by atoms with Crippen molar-refractivity contribution in [3.05, 3.63) is 28.5 Å². The van der Waals surface area contributed by atoms with Crippen molar-refractivity contribution in [1.82, 2.24) is 4.72 Å². The third-order valence-electron chi connectivity index (χ3n) is 3.48. The fourth-order valence-electron chi connectivity index (χ4n) is 1.21. The average Bonchev–Trinajstić information content (AvgIpc) is 2.30. The smallest absolute Gasteiger partial charge is 0.211 e. The van der Waals surface area contributed by atoms with Gasteiger partial charge in [0.2, 0.25) is 10.0 Å². The van der Waals surface area contributed by atoms with Crippen molar-refractivity contribution >= 4 is 26.0 Å². The van der Waals surface area contributed by atoms with Gasteiger partial charge in [0.1, 0.15) is 5.82 Å². The SMILES string of the molecule is CC(C)C(C)(C)CNS(=O)(=O)c1ccc(Br)c(F)c1. The van der Waals surface area contributed by atoms with E-state index in [-0.39, 0.29) is 14.8 Å². The predicted octanol–water partition coefficient (Wildman–Crippen LogP) is 3.55. The monoisotopic (exact) mass is 351 g/mol. The molecule has 3 nitrogen and oxygen atoms in total. The molecule has 0 saturated carbocycles. The molecule has 0 heterocycles. The van der Waals surface area contributed by atoms with E-state index >= 15 is 0 Å². The van der Waals surface area contributed by atoms with E-state index < -0.39 is 15.8 Å². The second-order valence-electron chi connectivity index (χ2n) is 5.54. The molecular weight excluding hydrogens is 333 g/mol. The van der Waals surface area contributed by atoms with Crippen LogP contribution in [0.25, 0.3) is 0 Å². The Morgan fingerprint density at radius 3 is 2.42 bits per heavy atom. The minimum absolute atomic E-state index is 0.0623. The fourth-order valence-corrected chi connectivity index (χ4v) is 2.69. The Morgan fingerprint density at radius 2 is 1.95 bits per heavy atom. The molecule has 108 valence electrons. The summed E-state index contributed by atoms with van der Waals surface area (Å²) in [6.07, 6.45) is 0. The third-order valence-corrected chi connectivity index (χ3v) is 5.52. The maximum absolute atomic E-state index is 13.4. The first kappa shape index (κ1) is 16.6. The summed E-state index contributed by atoms with van der Waals surface area (Å²) in [6, 6.07) is 3.77. The minimum Gasteiger partial charge on any atom is -0.211 e. The maximum Gasteiger partial charge on any atom is 0.240 e. The predicted molar refractivity (Wildman–Crippen MR) is 77.9 cm³/mol. The van der Waals surface area contributed by atoms with Gasteiger partial charge in [0.25, 0.3) is 0 Å². The second kappa shape index (κ2) is 5.89. The van der Waals surface area contributed by atoms with E-state index in [0.29, 0.717) is 12.5 Å². The second-order valence-corrected chi connectivity index (χ2v) is 8.17. The molecule has 19 heavy (non-hydrogen) atoms. The van der Waals surface area contributed by atoms with Crippen LogP contribution < -0.4 is 4.72 Å². The number of halogens is 2. The van der Waals surface area contributed by atoms with Gasteiger partial charge in [0.05, 0.1) is 9.37 Å². The van der Waals surface area contributed by atoms with Gasteiger partial charge < -0.3 is 0 Å². The van der Waals surface area contributed by atoms with Crippen LogP contribution in [-0.4, -0.2) is 15.0 Å². The standard InChI is InChI=1S/C13H19BrFNO2S/c1-9(2)13(3,4)8-16-19(17,18)10-5-6-11(14)12(15)7-10/h5-7,9,16H,8H2,1-4H3. The van der Waals surface area contributed by atoms with Crippen LogP contribution in [-0.2, 0) is 10.0 Å². The van der Waals surface area contributed by atoms with E-state index in [4.69, 9.17) is 0 Å². The quantitative estimate of drug-likeness (QED) is 0.881. The van der Waals surface area contributed by atoms with Crippen molar-refractivity contribution in [1.29, 1.82) is 0 Å². The van der Waals surface area contributed by atoms with Gasteiger partial charge in [-0.1, -0.05) is 27.7 Å². The van der Waals surface area contributed by atoms with E-state index in [9.17, 15) is 12.8 Å². The summed E-state index contributed by atoms with van der Waals surface area (Å²) in [4.78, 5) is -0.0623. The normalized spacial score (nSPS) is 13.0. The van der Waals surface area contributed by atoms with Crippen LogP contribution in [0.4, 0.5) is 4.39 Å². The highest BCUT2D eigenvalue weighted by Crippen LogP contribution is 2.26. The Balaban J connectivity index is 2.90. The molecule has 0 radical (unpaired) electrons. The summed E-state index contributed by atoms with van der Waals surface area (Å²) in [6.45, 7) is 8.36. The lowest BCUT2D eigenvalue weighted by atomic mass is 9.81. The molecule has 6 heteroatoms. The van der Waals surface area contributed by atoms with Crippen LogP contribution in [0.15, 0.2) is 27.6 Å². The molecule has 0 fully saturated rings. The summed E-state index contributed by atoms with van der Waals surface area (Å²) >= 11 is 3.00. The summed E-state index contributed by atoms with van der Waals surface area (Å²) in [5.74, 6) is -0.261. The van der Waals surface area contributed by atoms with Crippen LogP contribution in [0.3, 0.4) is 0 Å². The maximum atomic E-state index is 13.4. The van der Waals surface area contributed by atoms with Crippen molar-refractivity contribution in [2.24, 2.45) is 11.3 Å². The number of hydrogen-bond acceptors (Lipinski definition) is 2. The molecule has 0 aliphatic heterocycles. The summed E-state index contributed by atoms with van der Waals surface area (Å²) < 4.78 is 40.3. The topological polar surface area (TPSA) is 46.2 Å². The van der Waals surface area contributed by atoms with Crippen molar-refractivity contribution in [2.75, 3.05) is 6.54 Å². The van der Waals surface area contributed by atoms with E-state index in [1.54, 1.807) is 0 Å². The van der Waals surface area contributed by atoms with Gasteiger partial charge in [0.15, 0.2) is 0 Å². The number of sulfonamides is 1. The number of rotatable bonds is 5. The molecule has 0 saturated heterocycles. The van der Waals surface area contributed by atoms with Crippen LogP contribution >= 0.6 is 15.9 Å². The first-order chi connectivity index (χ1) is 8.56. The average molecular weight is 352 g/mol. The van der Waals surface area contributed by atoms with E-state index in [1.807, 2.05) is 27.7 Å². The molecule has 0 aromatic heterocycles. The molecular formula is C13H19BrFNO2S. The molecule has 0 aliphatic rings. The van der Waals surface area contributed by atoms with E-state index in [0.717, 1.165) is 6.07 Å². The van der Waals surface area contributed by atoms with Crippen LogP contribution in [0.1, 0.15) is 27.7 Å².